The van der Waals surface area contributed by atoms with Crippen LogP contribution in [0.15, 0.2) is 48.9 Å². The highest BCUT2D eigenvalue weighted by Crippen LogP contribution is 2.34. The zero-order valence-electron chi connectivity index (χ0n) is 23.4. The lowest BCUT2D eigenvalue weighted by Gasteiger charge is -2.21. The Kier molecular flexibility index (Phi) is 7.27. The number of aromatic nitrogens is 4. The van der Waals surface area contributed by atoms with Gasteiger partial charge in [0.05, 0.1) is 37.3 Å². The van der Waals surface area contributed by atoms with Gasteiger partial charge >= 0.3 is 12.2 Å². The number of carbonyl (C=O) groups is 2. The molecule has 206 valence electrons. The van der Waals surface area contributed by atoms with E-state index in [9.17, 15) is 9.59 Å². The molecule has 0 amide bonds. The SMILES string of the molecule is COc1ccc(Nc2cc3c(cn2)cc(-c2cnn(C(=O)OC(C)(C)C)c2)n3C(=O)OC(C)(C)C)c(OC)c1. The fraction of sp³-hybridized carbons (Fsp3) is 0.357. The molecule has 0 spiro atoms. The topological polar surface area (TPSA) is 119 Å². The fourth-order valence-corrected chi connectivity index (χ4v) is 3.79. The smallest absolute Gasteiger partial charge is 0.435 e. The van der Waals surface area contributed by atoms with E-state index in [1.54, 1.807) is 86.2 Å². The van der Waals surface area contributed by atoms with E-state index in [4.69, 9.17) is 18.9 Å². The highest BCUT2D eigenvalue weighted by molar-refractivity contribution is 5.97. The number of fused-ring (bicyclic) bond motifs is 1. The summed E-state index contributed by atoms with van der Waals surface area (Å²) in [6.45, 7) is 10.7. The molecule has 0 aliphatic rings. The van der Waals surface area contributed by atoms with Gasteiger partial charge in [-0.3, -0.25) is 0 Å². The van der Waals surface area contributed by atoms with Gasteiger partial charge in [0.1, 0.15) is 28.5 Å². The van der Waals surface area contributed by atoms with E-state index in [1.165, 1.54) is 17.0 Å². The van der Waals surface area contributed by atoms with Gasteiger partial charge in [-0.1, -0.05) is 0 Å². The number of hydrogen-bond acceptors (Lipinski definition) is 9. The molecular formula is C28H33N5O6. The lowest BCUT2D eigenvalue weighted by atomic mass is 10.2. The van der Waals surface area contributed by atoms with Gasteiger partial charge in [-0.25, -0.2) is 19.1 Å². The van der Waals surface area contributed by atoms with Crippen LogP contribution in [0.1, 0.15) is 41.5 Å². The largest absolute Gasteiger partial charge is 0.497 e. The van der Waals surface area contributed by atoms with Crippen LogP contribution in [0.2, 0.25) is 0 Å². The Hall–Kier alpha value is -4.54. The maximum atomic E-state index is 13.4. The quantitative estimate of drug-likeness (QED) is 0.317. The molecule has 11 nitrogen and oxygen atoms in total. The van der Waals surface area contributed by atoms with Crippen LogP contribution < -0.4 is 14.8 Å². The first-order valence-electron chi connectivity index (χ1n) is 12.3. The number of ether oxygens (including phenoxy) is 4. The number of carbonyl (C=O) groups excluding carboxylic acids is 2. The highest BCUT2D eigenvalue weighted by Gasteiger charge is 2.25. The van der Waals surface area contributed by atoms with E-state index < -0.39 is 23.4 Å². The lowest BCUT2D eigenvalue weighted by molar-refractivity contribution is 0.0512. The molecule has 0 fully saturated rings. The van der Waals surface area contributed by atoms with Crippen molar-refractivity contribution in [2.45, 2.75) is 52.7 Å². The maximum Gasteiger partial charge on any atom is 0.435 e. The van der Waals surface area contributed by atoms with Gasteiger partial charge in [0.2, 0.25) is 0 Å². The summed E-state index contributed by atoms with van der Waals surface area (Å²) in [5.41, 5.74) is 0.796. The van der Waals surface area contributed by atoms with Gasteiger partial charge < -0.3 is 24.3 Å². The first-order chi connectivity index (χ1) is 18.3. The van der Waals surface area contributed by atoms with Crippen LogP contribution in [0.4, 0.5) is 21.1 Å². The normalized spacial score (nSPS) is 11.8. The Morgan fingerprint density at radius 2 is 1.56 bits per heavy atom. The minimum atomic E-state index is -0.740. The second-order valence-electron chi connectivity index (χ2n) is 10.8. The summed E-state index contributed by atoms with van der Waals surface area (Å²) in [7, 11) is 3.14. The van der Waals surface area contributed by atoms with Crippen molar-refractivity contribution >= 4 is 34.6 Å². The summed E-state index contributed by atoms with van der Waals surface area (Å²) in [5.74, 6) is 1.69. The highest BCUT2D eigenvalue weighted by atomic mass is 16.6. The summed E-state index contributed by atoms with van der Waals surface area (Å²) in [6.07, 6.45) is 3.44. The van der Waals surface area contributed by atoms with Crippen molar-refractivity contribution in [2.75, 3.05) is 19.5 Å². The number of rotatable bonds is 5. The number of pyridine rings is 1. The van der Waals surface area contributed by atoms with E-state index in [0.717, 1.165) is 4.68 Å². The van der Waals surface area contributed by atoms with Crippen molar-refractivity contribution in [3.63, 3.8) is 0 Å². The van der Waals surface area contributed by atoms with Gasteiger partial charge in [0, 0.05) is 35.5 Å². The van der Waals surface area contributed by atoms with Crippen LogP contribution in [0.3, 0.4) is 0 Å². The summed E-state index contributed by atoms with van der Waals surface area (Å²) < 4.78 is 24.4. The van der Waals surface area contributed by atoms with Crippen LogP contribution in [0.25, 0.3) is 22.2 Å². The van der Waals surface area contributed by atoms with Crippen molar-refractivity contribution in [2.24, 2.45) is 0 Å². The molecule has 39 heavy (non-hydrogen) atoms. The average Bonchev–Trinajstić information content (AvgIpc) is 3.47. The van der Waals surface area contributed by atoms with E-state index in [2.05, 4.69) is 15.4 Å². The Balaban J connectivity index is 1.78. The Morgan fingerprint density at radius 1 is 0.872 bits per heavy atom. The van der Waals surface area contributed by atoms with Gasteiger partial charge in [-0.15, -0.1) is 0 Å². The Bertz CT molecular complexity index is 1520. The predicted molar refractivity (Wildman–Crippen MR) is 147 cm³/mol. The molecule has 0 atom stereocenters. The van der Waals surface area contributed by atoms with Gasteiger partial charge in [0.15, 0.2) is 0 Å². The molecule has 0 aliphatic heterocycles. The monoisotopic (exact) mass is 535 g/mol. The molecule has 0 bridgehead atoms. The van der Waals surface area contributed by atoms with Crippen LogP contribution in [0.5, 0.6) is 11.5 Å². The molecule has 1 N–H and O–H groups in total. The zero-order valence-corrected chi connectivity index (χ0v) is 23.4. The minimum Gasteiger partial charge on any atom is -0.497 e. The van der Waals surface area contributed by atoms with Crippen LogP contribution in [-0.4, -0.2) is 56.9 Å². The summed E-state index contributed by atoms with van der Waals surface area (Å²) in [4.78, 5) is 30.5. The molecule has 4 aromatic rings. The Labute approximate surface area is 226 Å². The molecule has 0 radical (unpaired) electrons. The van der Waals surface area contributed by atoms with Crippen molar-refractivity contribution in [1.29, 1.82) is 0 Å². The van der Waals surface area contributed by atoms with E-state index in [1.807, 2.05) is 6.07 Å². The third-order valence-corrected chi connectivity index (χ3v) is 5.39. The molecule has 0 saturated carbocycles. The molecule has 3 heterocycles. The van der Waals surface area contributed by atoms with Gasteiger partial charge in [-0.2, -0.15) is 9.78 Å². The first-order valence-corrected chi connectivity index (χ1v) is 12.3. The third kappa shape index (κ3) is 6.31. The molecule has 0 saturated heterocycles. The van der Waals surface area contributed by atoms with Crippen LogP contribution in [-0.2, 0) is 9.47 Å². The number of methoxy groups -OCH3 is 2. The molecule has 0 unspecified atom stereocenters. The lowest BCUT2D eigenvalue weighted by Crippen LogP contribution is -2.27. The van der Waals surface area contributed by atoms with Crippen molar-refractivity contribution < 1.29 is 28.5 Å². The Morgan fingerprint density at radius 3 is 2.21 bits per heavy atom. The number of nitrogens with zero attached hydrogens (tertiary/aromatic N) is 4. The second-order valence-corrected chi connectivity index (χ2v) is 10.8. The number of nitrogens with one attached hydrogen (secondary N) is 1. The van der Waals surface area contributed by atoms with E-state index >= 15 is 0 Å². The predicted octanol–water partition coefficient (Wildman–Crippen LogP) is 6.23. The summed E-state index contributed by atoms with van der Waals surface area (Å²) >= 11 is 0. The number of benzene rings is 1. The zero-order chi connectivity index (χ0) is 28.5. The number of anilines is 2. The van der Waals surface area contributed by atoms with E-state index in [-0.39, 0.29) is 0 Å². The van der Waals surface area contributed by atoms with Crippen molar-refractivity contribution in [3.8, 4) is 22.8 Å². The van der Waals surface area contributed by atoms with Crippen molar-refractivity contribution in [1.82, 2.24) is 19.3 Å². The molecule has 0 aliphatic carbocycles. The number of hydrogen-bond donors (Lipinski definition) is 1. The van der Waals surface area contributed by atoms with E-state index in [0.29, 0.717) is 45.2 Å². The van der Waals surface area contributed by atoms with Gasteiger partial charge in [-0.05, 0) is 59.7 Å². The molecule has 11 heteroatoms. The van der Waals surface area contributed by atoms with Gasteiger partial charge in [0.25, 0.3) is 0 Å². The van der Waals surface area contributed by atoms with Crippen molar-refractivity contribution in [3.05, 3.63) is 48.9 Å². The fourth-order valence-electron chi connectivity index (χ4n) is 3.79. The third-order valence-electron chi connectivity index (χ3n) is 5.39. The second kappa shape index (κ2) is 10.3. The molecule has 3 aromatic heterocycles. The molecular weight excluding hydrogens is 502 g/mol. The standard InChI is InChI=1S/C28H33N5O6/c1-27(2,3)38-25(34)32-16-18(15-30-32)21-11-17-14-29-24(13-22(17)33(21)26(35)39-28(4,5)6)31-20-10-9-19(36-7)12-23(20)37-8/h9-16H,1-8H3,(H,29,31). The maximum absolute atomic E-state index is 13.4. The molecule has 1 aromatic carbocycles. The minimum absolute atomic E-state index is 0.477. The molecule has 4 rings (SSSR count). The summed E-state index contributed by atoms with van der Waals surface area (Å²) in [5, 5.41) is 8.08. The average molecular weight is 536 g/mol. The van der Waals surface area contributed by atoms with Crippen LogP contribution >= 0.6 is 0 Å². The van der Waals surface area contributed by atoms with Crippen LogP contribution in [0, 0.1) is 0 Å². The summed E-state index contributed by atoms with van der Waals surface area (Å²) in [6, 6.07) is 8.90. The first kappa shape index (κ1) is 27.5.